The molecular formula is C25H35N5O4. The Balaban J connectivity index is 1.27. The van der Waals surface area contributed by atoms with E-state index in [0.29, 0.717) is 32.6 Å². The zero-order valence-corrected chi connectivity index (χ0v) is 20.4. The maximum Gasteiger partial charge on any atom is 0.325 e. The van der Waals surface area contributed by atoms with Crippen LogP contribution in [0, 0.1) is 19.8 Å². The molecule has 5 amide bonds. The van der Waals surface area contributed by atoms with Crippen LogP contribution in [0.2, 0.25) is 0 Å². The minimum Gasteiger partial charge on any atom is -0.339 e. The van der Waals surface area contributed by atoms with Gasteiger partial charge in [0.1, 0.15) is 12.1 Å². The number of hydrogen-bond donors (Lipinski definition) is 2. The van der Waals surface area contributed by atoms with Crippen molar-refractivity contribution in [3.05, 3.63) is 29.3 Å². The summed E-state index contributed by atoms with van der Waals surface area (Å²) < 4.78 is 0. The fourth-order valence-corrected chi connectivity index (χ4v) is 5.42. The molecule has 9 heteroatoms. The van der Waals surface area contributed by atoms with E-state index < -0.39 is 11.6 Å². The number of piperazine rings is 1. The van der Waals surface area contributed by atoms with Crippen LogP contribution in [-0.4, -0.2) is 83.3 Å². The van der Waals surface area contributed by atoms with E-state index in [1.165, 1.54) is 0 Å². The van der Waals surface area contributed by atoms with Crippen molar-refractivity contribution >= 4 is 29.4 Å². The molecule has 3 fully saturated rings. The number of para-hydroxylation sites is 1. The molecule has 34 heavy (non-hydrogen) atoms. The number of carbonyl (C=O) groups is 4. The molecule has 0 unspecified atom stereocenters. The predicted octanol–water partition coefficient (Wildman–Crippen LogP) is 1.89. The first-order valence-corrected chi connectivity index (χ1v) is 12.2. The fraction of sp³-hybridized carbons (Fsp3) is 0.600. The molecule has 2 saturated heterocycles. The molecule has 0 bridgehead atoms. The average Bonchev–Trinajstić information content (AvgIpc) is 3.03. The van der Waals surface area contributed by atoms with E-state index in [-0.39, 0.29) is 36.7 Å². The maximum atomic E-state index is 13.1. The molecule has 2 atom stereocenters. The molecule has 2 heterocycles. The molecule has 3 aliphatic rings. The van der Waals surface area contributed by atoms with Gasteiger partial charge in [0.05, 0.1) is 6.54 Å². The van der Waals surface area contributed by atoms with E-state index in [1.807, 2.05) is 43.9 Å². The van der Waals surface area contributed by atoms with Crippen LogP contribution in [0.25, 0.3) is 0 Å². The van der Waals surface area contributed by atoms with Gasteiger partial charge in [0.15, 0.2) is 0 Å². The van der Waals surface area contributed by atoms with Crippen LogP contribution >= 0.6 is 0 Å². The number of nitrogens with one attached hydrogen (secondary N) is 2. The van der Waals surface area contributed by atoms with E-state index in [9.17, 15) is 19.2 Å². The summed E-state index contributed by atoms with van der Waals surface area (Å²) in [6, 6.07) is 5.43. The van der Waals surface area contributed by atoms with Crippen molar-refractivity contribution in [1.29, 1.82) is 0 Å². The second-order valence-electron chi connectivity index (χ2n) is 9.91. The van der Waals surface area contributed by atoms with Crippen LogP contribution in [0.4, 0.5) is 10.5 Å². The molecule has 0 aromatic heterocycles. The Labute approximate surface area is 200 Å². The molecule has 9 nitrogen and oxygen atoms in total. The lowest BCUT2D eigenvalue weighted by Gasteiger charge is -2.37. The lowest BCUT2D eigenvalue weighted by Crippen LogP contribution is -2.55. The Bertz CT molecular complexity index is 967. The zero-order chi connectivity index (χ0) is 24.5. The lowest BCUT2D eigenvalue weighted by molar-refractivity contribution is -0.141. The van der Waals surface area contributed by atoms with Crippen molar-refractivity contribution in [3.63, 3.8) is 0 Å². The van der Waals surface area contributed by atoms with Crippen LogP contribution < -0.4 is 10.6 Å². The molecule has 2 N–H and O–H groups in total. The Hall–Kier alpha value is -2.94. The summed E-state index contributed by atoms with van der Waals surface area (Å²) in [6.07, 6.45) is 3.48. The smallest absolute Gasteiger partial charge is 0.325 e. The van der Waals surface area contributed by atoms with Crippen LogP contribution in [0.15, 0.2) is 18.2 Å². The highest BCUT2D eigenvalue weighted by molar-refractivity contribution is 6.09. The normalized spacial score (nSPS) is 25.6. The Kier molecular flexibility index (Phi) is 6.93. The summed E-state index contributed by atoms with van der Waals surface area (Å²) in [5.41, 5.74) is 2.04. The summed E-state index contributed by atoms with van der Waals surface area (Å²) in [5.74, 6) is -0.511. The van der Waals surface area contributed by atoms with Crippen molar-refractivity contribution in [1.82, 2.24) is 20.0 Å². The van der Waals surface area contributed by atoms with Gasteiger partial charge < -0.3 is 15.5 Å². The van der Waals surface area contributed by atoms with Crippen LogP contribution in [0.5, 0.6) is 0 Å². The van der Waals surface area contributed by atoms with E-state index in [2.05, 4.69) is 10.6 Å². The third kappa shape index (κ3) is 4.66. The number of urea groups is 1. The minimum absolute atomic E-state index is 0.0657. The van der Waals surface area contributed by atoms with E-state index in [4.69, 9.17) is 0 Å². The van der Waals surface area contributed by atoms with Gasteiger partial charge in [-0.25, -0.2) is 4.79 Å². The Morgan fingerprint density at radius 1 is 1.06 bits per heavy atom. The number of anilines is 1. The van der Waals surface area contributed by atoms with Gasteiger partial charge in [0, 0.05) is 31.9 Å². The van der Waals surface area contributed by atoms with Crippen molar-refractivity contribution in [2.24, 2.45) is 5.92 Å². The van der Waals surface area contributed by atoms with Crippen LogP contribution in [-0.2, 0) is 14.4 Å². The second-order valence-corrected chi connectivity index (χ2v) is 9.91. The highest BCUT2D eigenvalue weighted by Gasteiger charge is 2.55. The van der Waals surface area contributed by atoms with Crippen molar-refractivity contribution in [2.75, 3.05) is 44.6 Å². The van der Waals surface area contributed by atoms with Gasteiger partial charge in [-0.2, -0.15) is 0 Å². The number of carbonyl (C=O) groups excluding carboxylic acids is 4. The third-order valence-electron chi connectivity index (χ3n) is 7.63. The Morgan fingerprint density at radius 3 is 2.38 bits per heavy atom. The van der Waals surface area contributed by atoms with Crippen LogP contribution in [0.3, 0.4) is 0 Å². The van der Waals surface area contributed by atoms with Gasteiger partial charge in [0.2, 0.25) is 11.8 Å². The lowest BCUT2D eigenvalue weighted by atomic mass is 9.73. The summed E-state index contributed by atoms with van der Waals surface area (Å²) in [5, 5.41) is 5.90. The summed E-state index contributed by atoms with van der Waals surface area (Å²) in [7, 11) is 0. The molecule has 1 saturated carbocycles. The maximum absolute atomic E-state index is 13.1. The van der Waals surface area contributed by atoms with Gasteiger partial charge in [-0.1, -0.05) is 38.0 Å². The van der Waals surface area contributed by atoms with E-state index in [1.54, 1.807) is 4.90 Å². The average molecular weight is 470 g/mol. The molecule has 1 aromatic carbocycles. The molecule has 184 valence electrons. The largest absolute Gasteiger partial charge is 0.339 e. The molecule has 2 aliphatic heterocycles. The van der Waals surface area contributed by atoms with Gasteiger partial charge in [0.25, 0.3) is 5.91 Å². The highest BCUT2D eigenvalue weighted by Crippen LogP contribution is 2.38. The SMILES string of the molecule is Cc1cccc(C)c1NC(=O)CN1CCN(C(=O)CN2C(=O)N[C@@]3(CCCC[C@H]3C)C2=O)CC1. The number of rotatable bonds is 5. The predicted molar refractivity (Wildman–Crippen MR) is 128 cm³/mol. The Morgan fingerprint density at radius 2 is 1.74 bits per heavy atom. The number of aryl methyl sites for hydroxylation is 2. The minimum atomic E-state index is -0.850. The number of hydrogen-bond acceptors (Lipinski definition) is 5. The van der Waals surface area contributed by atoms with Crippen LogP contribution in [0.1, 0.15) is 43.7 Å². The first-order chi connectivity index (χ1) is 16.2. The molecule has 4 rings (SSSR count). The standard InChI is InChI=1S/C25H35N5O4/c1-17-7-6-8-18(2)22(17)26-20(31)15-28-11-13-29(14-12-28)21(32)16-30-23(33)25(27-24(30)34)10-5-4-9-19(25)3/h6-8,19H,4-5,9-16H2,1-3H3,(H,26,31)(H,27,34)/t19-,25-/m1/s1. The van der Waals surface area contributed by atoms with Crippen molar-refractivity contribution in [3.8, 4) is 0 Å². The first-order valence-electron chi connectivity index (χ1n) is 12.2. The van der Waals surface area contributed by atoms with Gasteiger partial charge in [-0.3, -0.25) is 24.2 Å². The molecule has 1 aromatic rings. The number of benzene rings is 1. The van der Waals surface area contributed by atoms with Gasteiger partial charge >= 0.3 is 6.03 Å². The molecular weight excluding hydrogens is 434 g/mol. The van der Waals surface area contributed by atoms with E-state index in [0.717, 1.165) is 41.0 Å². The monoisotopic (exact) mass is 469 g/mol. The van der Waals surface area contributed by atoms with Gasteiger partial charge in [-0.05, 0) is 43.7 Å². The van der Waals surface area contributed by atoms with E-state index >= 15 is 0 Å². The molecule has 0 radical (unpaired) electrons. The summed E-state index contributed by atoms with van der Waals surface area (Å²) >= 11 is 0. The summed E-state index contributed by atoms with van der Waals surface area (Å²) in [4.78, 5) is 55.9. The second kappa shape index (κ2) is 9.74. The van der Waals surface area contributed by atoms with Crippen molar-refractivity contribution in [2.45, 2.75) is 52.0 Å². The quantitative estimate of drug-likeness (QED) is 0.642. The first kappa shape index (κ1) is 24.2. The number of amides is 5. The van der Waals surface area contributed by atoms with Crippen molar-refractivity contribution < 1.29 is 19.2 Å². The number of nitrogens with zero attached hydrogens (tertiary/aromatic N) is 3. The summed E-state index contributed by atoms with van der Waals surface area (Å²) in [6.45, 7) is 8.00. The highest BCUT2D eigenvalue weighted by atomic mass is 16.2. The zero-order valence-electron chi connectivity index (χ0n) is 20.4. The molecule has 1 spiro atoms. The van der Waals surface area contributed by atoms with Gasteiger partial charge in [-0.15, -0.1) is 0 Å². The molecule has 1 aliphatic carbocycles. The fourth-order valence-electron chi connectivity index (χ4n) is 5.42. The number of imide groups is 1. The topological polar surface area (TPSA) is 102 Å². The third-order valence-corrected chi connectivity index (χ3v) is 7.63.